The molecule has 2 aromatic carbocycles. The number of carbonyl (C=O) groups excluding carboxylic acids is 2. The molecule has 7 atom stereocenters. The predicted molar refractivity (Wildman–Crippen MR) is 259 cm³/mol. The van der Waals surface area contributed by atoms with Gasteiger partial charge in [-0.15, -0.1) is 0 Å². The topological polar surface area (TPSA) is 108 Å². The zero-order valence-electron chi connectivity index (χ0n) is 41.9. The Morgan fingerprint density at radius 2 is 0.812 bits per heavy atom. The van der Waals surface area contributed by atoms with Crippen molar-refractivity contribution >= 4 is 11.9 Å². The van der Waals surface area contributed by atoms with Crippen LogP contribution in [0.2, 0.25) is 0 Å². The largest absolute Gasteiger partial charge is 0.460 e. The van der Waals surface area contributed by atoms with Crippen LogP contribution in [-0.4, -0.2) is 88.2 Å². The van der Waals surface area contributed by atoms with Gasteiger partial charge in [-0.2, -0.15) is 0 Å². The summed E-state index contributed by atoms with van der Waals surface area (Å²) in [4.78, 5) is 24.3. The van der Waals surface area contributed by atoms with E-state index < -0.39 is 0 Å². The highest BCUT2D eigenvalue weighted by atomic mass is 16.6. The lowest BCUT2D eigenvalue weighted by molar-refractivity contribution is -0.158. The van der Waals surface area contributed by atoms with Crippen LogP contribution in [0.1, 0.15) is 176 Å². The summed E-state index contributed by atoms with van der Waals surface area (Å²) in [6.07, 6.45) is 17.7. The Kier molecular flexibility index (Phi) is 37.4. The van der Waals surface area contributed by atoms with Gasteiger partial charge >= 0.3 is 11.9 Å². The maximum atomic E-state index is 12.2. The van der Waals surface area contributed by atoms with Crippen LogP contribution in [0.5, 0.6) is 0 Å². The number of esters is 2. The van der Waals surface area contributed by atoms with Crippen molar-refractivity contribution in [3.63, 3.8) is 0 Å². The molecule has 0 spiro atoms. The van der Waals surface area contributed by atoms with Crippen molar-refractivity contribution in [3.8, 4) is 0 Å². The monoisotopic (exact) mass is 901 g/mol. The molecule has 0 saturated heterocycles. The number of unbranched alkanes of at least 4 members (excludes halogenated alkanes) is 11. The molecule has 0 aliphatic rings. The average molecular weight is 901 g/mol. The summed E-state index contributed by atoms with van der Waals surface area (Å²) in [5.74, 6) is -0.231. The Morgan fingerprint density at radius 1 is 0.438 bits per heavy atom. The molecule has 0 aliphatic carbocycles. The molecular weight excluding hydrogens is 809 g/mol. The van der Waals surface area contributed by atoms with E-state index in [1.165, 1.54) is 57.8 Å². The van der Waals surface area contributed by atoms with E-state index in [-0.39, 0.29) is 54.5 Å². The van der Waals surface area contributed by atoms with E-state index in [2.05, 4.69) is 13.8 Å². The van der Waals surface area contributed by atoms with E-state index in [4.69, 9.17) is 37.9 Å². The van der Waals surface area contributed by atoms with Gasteiger partial charge in [0.1, 0.15) is 12.2 Å². The van der Waals surface area contributed by atoms with Crippen LogP contribution in [0.15, 0.2) is 60.7 Å². The van der Waals surface area contributed by atoms with Crippen LogP contribution in [0.4, 0.5) is 0 Å². The lowest BCUT2D eigenvalue weighted by Crippen LogP contribution is -2.29. The van der Waals surface area contributed by atoms with Gasteiger partial charge in [0, 0.05) is 6.42 Å². The van der Waals surface area contributed by atoms with Crippen LogP contribution < -0.4 is 0 Å². The Morgan fingerprint density at radius 3 is 1.23 bits per heavy atom. The van der Waals surface area contributed by atoms with Gasteiger partial charge < -0.3 is 37.9 Å². The molecule has 2 rings (SSSR count). The highest BCUT2D eigenvalue weighted by Gasteiger charge is 2.21. The van der Waals surface area contributed by atoms with E-state index in [1.807, 2.05) is 109 Å². The minimum Gasteiger partial charge on any atom is -0.460 e. The Hall–Kier alpha value is -2.86. The van der Waals surface area contributed by atoms with Crippen LogP contribution in [0, 0.1) is 5.92 Å². The van der Waals surface area contributed by atoms with Gasteiger partial charge in [-0.1, -0.05) is 158 Å². The normalized spacial score (nSPS) is 14.6. The first-order chi connectivity index (χ1) is 31.0. The van der Waals surface area contributed by atoms with Crippen molar-refractivity contribution in [2.24, 2.45) is 5.92 Å². The molecule has 368 valence electrons. The SMILES string of the molecule is CCCCC(CC)C(=O)OC(C)COC(C)COC(C)COCc1ccccc1.CCCCCCCCCCCCCC(=O)OC(C)COC(C)COC(C)COCc1ccccc1. The van der Waals surface area contributed by atoms with Gasteiger partial charge in [0.2, 0.25) is 0 Å². The van der Waals surface area contributed by atoms with Crippen molar-refractivity contribution < 1.29 is 47.5 Å². The minimum absolute atomic E-state index is 0.00473. The average Bonchev–Trinajstić information content (AvgIpc) is 3.29. The molecule has 0 fully saturated rings. The molecule has 0 N–H and O–H groups in total. The van der Waals surface area contributed by atoms with Gasteiger partial charge in [0.05, 0.1) is 83.2 Å². The maximum Gasteiger partial charge on any atom is 0.309 e. The molecule has 0 amide bonds. The standard InChI is InChI=1S/C30H52O5.C24H40O5/c1-5-6-7-8-9-10-11-12-13-14-18-21-30(31)35-28(4)24-34-27(3)23-33-26(2)22-32-25-29-19-16-15-17-20-29;1-6-8-14-23(7-2)24(25)29-21(5)17-28-20(4)16-27-19(3)15-26-18-22-12-10-9-11-13-22/h15-17,19-20,26-28H,5-14,18,21-25H2,1-4H3;9-13,19-21,23H,6-8,14-18H2,1-5H3. The highest BCUT2D eigenvalue weighted by molar-refractivity contribution is 5.72. The van der Waals surface area contributed by atoms with E-state index in [9.17, 15) is 9.59 Å². The molecule has 10 heteroatoms. The fourth-order valence-electron chi connectivity index (χ4n) is 6.74. The quantitative estimate of drug-likeness (QED) is 0.0475. The fraction of sp³-hybridized carbons (Fsp3) is 0.741. The molecule has 2 aromatic rings. The van der Waals surface area contributed by atoms with Gasteiger partial charge in [-0.05, 0) is 71.9 Å². The first-order valence-corrected chi connectivity index (χ1v) is 25.1. The van der Waals surface area contributed by atoms with E-state index in [1.54, 1.807) is 0 Å². The molecule has 0 bridgehead atoms. The van der Waals surface area contributed by atoms with E-state index in [0.29, 0.717) is 59.3 Å². The Balaban J connectivity index is 0.000000651. The Bertz CT molecular complexity index is 1340. The second-order valence-electron chi connectivity index (χ2n) is 17.7. The summed E-state index contributed by atoms with van der Waals surface area (Å²) in [7, 11) is 0. The zero-order chi connectivity index (χ0) is 47.0. The molecule has 7 unspecified atom stereocenters. The minimum atomic E-state index is -0.257. The molecule has 0 radical (unpaired) electrons. The lowest BCUT2D eigenvalue weighted by atomic mass is 10.00. The molecular formula is C54H92O10. The van der Waals surface area contributed by atoms with Crippen LogP contribution in [-0.2, 0) is 60.7 Å². The number of hydrogen-bond donors (Lipinski definition) is 0. The second-order valence-corrected chi connectivity index (χ2v) is 17.7. The maximum absolute atomic E-state index is 12.2. The van der Waals surface area contributed by atoms with Crippen molar-refractivity contribution in [1.82, 2.24) is 0 Å². The summed E-state index contributed by atoms with van der Waals surface area (Å²) < 4.78 is 45.6. The summed E-state index contributed by atoms with van der Waals surface area (Å²) in [5, 5.41) is 0. The van der Waals surface area contributed by atoms with Crippen LogP contribution in [0.25, 0.3) is 0 Å². The van der Waals surface area contributed by atoms with Gasteiger partial charge in [-0.25, -0.2) is 0 Å². The summed E-state index contributed by atoms with van der Waals surface area (Å²) in [6.45, 7) is 22.1. The van der Waals surface area contributed by atoms with Crippen LogP contribution in [0.3, 0.4) is 0 Å². The Labute approximate surface area is 390 Å². The summed E-state index contributed by atoms with van der Waals surface area (Å²) >= 11 is 0. The molecule has 0 aromatic heterocycles. The highest BCUT2D eigenvalue weighted by Crippen LogP contribution is 2.16. The van der Waals surface area contributed by atoms with E-state index in [0.717, 1.165) is 49.7 Å². The first-order valence-electron chi connectivity index (χ1n) is 25.1. The number of hydrogen-bond acceptors (Lipinski definition) is 10. The van der Waals surface area contributed by atoms with Crippen molar-refractivity contribution in [2.75, 3.05) is 39.6 Å². The summed E-state index contributed by atoms with van der Waals surface area (Å²) in [5.41, 5.74) is 2.31. The lowest BCUT2D eigenvalue weighted by Gasteiger charge is -2.21. The third-order valence-electron chi connectivity index (χ3n) is 10.8. The number of benzene rings is 2. The zero-order valence-corrected chi connectivity index (χ0v) is 41.9. The summed E-state index contributed by atoms with van der Waals surface area (Å²) in [6, 6.07) is 20.2. The van der Waals surface area contributed by atoms with Gasteiger partial charge in [0.25, 0.3) is 0 Å². The predicted octanol–water partition coefficient (Wildman–Crippen LogP) is 12.8. The van der Waals surface area contributed by atoms with Crippen LogP contribution >= 0.6 is 0 Å². The third-order valence-corrected chi connectivity index (χ3v) is 10.8. The van der Waals surface area contributed by atoms with Gasteiger partial charge in [0.15, 0.2) is 0 Å². The second kappa shape index (κ2) is 40.4. The molecule has 64 heavy (non-hydrogen) atoms. The first kappa shape index (κ1) is 59.2. The smallest absolute Gasteiger partial charge is 0.309 e. The van der Waals surface area contributed by atoms with Crippen molar-refractivity contribution in [2.45, 2.75) is 215 Å². The van der Waals surface area contributed by atoms with E-state index >= 15 is 0 Å². The number of rotatable bonds is 39. The number of ether oxygens (including phenoxy) is 8. The molecule has 10 nitrogen and oxygen atoms in total. The van der Waals surface area contributed by atoms with Crippen molar-refractivity contribution in [1.29, 1.82) is 0 Å². The van der Waals surface area contributed by atoms with Gasteiger partial charge in [-0.3, -0.25) is 9.59 Å². The molecule has 0 aliphatic heterocycles. The molecule has 0 saturated carbocycles. The van der Waals surface area contributed by atoms with Crippen molar-refractivity contribution in [3.05, 3.63) is 71.8 Å². The molecule has 0 heterocycles. The third kappa shape index (κ3) is 34.5. The number of carbonyl (C=O) groups is 2. The fourth-order valence-corrected chi connectivity index (χ4v) is 6.74.